The van der Waals surface area contributed by atoms with Gasteiger partial charge in [0.05, 0.1) is 19.1 Å². The van der Waals surface area contributed by atoms with Crippen molar-refractivity contribution in [1.82, 2.24) is 10.2 Å². The molecule has 0 spiro atoms. The van der Waals surface area contributed by atoms with Gasteiger partial charge in [0.15, 0.2) is 0 Å². The van der Waals surface area contributed by atoms with Crippen LogP contribution in [0.3, 0.4) is 0 Å². The lowest BCUT2D eigenvalue weighted by atomic mass is 10.1. The van der Waals surface area contributed by atoms with Gasteiger partial charge in [-0.1, -0.05) is 25.5 Å². The van der Waals surface area contributed by atoms with Crippen LogP contribution in [0.15, 0.2) is 24.3 Å². The minimum atomic E-state index is -0.478. The predicted molar refractivity (Wildman–Crippen MR) is 89.0 cm³/mol. The lowest BCUT2D eigenvalue weighted by molar-refractivity contribution is -0.129. The van der Waals surface area contributed by atoms with E-state index in [-0.39, 0.29) is 24.2 Å². The van der Waals surface area contributed by atoms with Gasteiger partial charge in [-0.25, -0.2) is 0 Å². The summed E-state index contributed by atoms with van der Waals surface area (Å²) < 4.78 is 5.12. The van der Waals surface area contributed by atoms with Gasteiger partial charge in [0.1, 0.15) is 11.8 Å². The average Bonchev–Trinajstić information content (AvgIpc) is 2.96. The van der Waals surface area contributed by atoms with Crippen LogP contribution in [0.4, 0.5) is 0 Å². The first-order chi connectivity index (χ1) is 11.6. The Morgan fingerprint density at radius 2 is 2.17 bits per heavy atom. The molecule has 0 radical (unpaired) electrons. The maximum atomic E-state index is 12.3. The van der Waals surface area contributed by atoms with Gasteiger partial charge in [-0.15, -0.1) is 0 Å². The van der Waals surface area contributed by atoms with E-state index in [2.05, 4.69) is 11.4 Å². The minimum Gasteiger partial charge on any atom is -0.497 e. The fraction of sp³-hybridized carbons (Fsp3) is 0.500. The molecule has 2 rings (SSSR count). The van der Waals surface area contributed by atoms with Crippen LogP contribution in [-0.2, 0) is 16.1 Å². The van der Waals surface area contributed by atoms with E-state index in [1.165, 1.54) is 0 Å². The second-order valence-corrected chi connectivity index (χ2v) is 6.00. The summed E-state index contributed by atoms with van der Waals surface area (Å²) in [5.74, 6) is 0.140. The van der Waals surface area contributed by atoms with Gasteiger partial charge in [0.2, 0.25) is 11.8 Å². The van der Waals surface area contributed by atoms with Crippen LogP contribution < -0.4 is 10.1 Å². The topological polar surface area (TPSA) is 82.4 Å². The van der Waals surface area contributed by atoms with Crippen molar-refractivity contribution >= 4 is 11.8 Å². The first-order valence-electron chi connectivity index (χ1n) is 8.18. The van der Waals surface area contributed by atoms with E-state index in [9.17, 15) is 9.59 Å². The summed E-state index contributed by atoms with van der Waals surface area (Å²) in [7, 11) is 1.61. The van der Waals surface area contributed by atoms with Crippen LogP contribution in [0, 0.1) is 17.2 Å². The van der Waals surface area contributed by atoms with Crippen LogP contribution >= 0.6 is 0 Å². The van der Waals surface area contributed by atoms with Crippen LogP contribution in [0.2, 0.25) is 0 Å². The van der Waals surface area contributed by atoms with Gasteiger partial charge in [-0.05, 0) is 24.1 Å². The number of ether oxygens (including phenoxy) is 1. The zero-order chi connectivity index (χ0) is 17.5. The molecule has 1 heterocycles. The van der Waals surface area contributed by atoms with Crippen molar-refractivity contribution in [2.75, 3.05) is 13.7 Å². The lowest BCUT2D eigenvalue weighted by Crippen LogP contribution is -2.39. The van der Waals surface area contributed by atoms with Crippen LogP contribution in [0.5, 0.6) is 5.75 Å². The van der Waals surface area contributed by atoms with E-state index in [4.69, 9.17) is 10.00 Å². The Balaban J connectivity index is 1.92. The highest BCUT2D eigenvalue weighted by atomic mass is 16.5. The van der Waals surface area contributed by atoms with Crippen molar-refractivity contribution in [3.8, 4) is 11.8 Å². The molecule has 24 heavy (non-hydrogen) atoms. The standard InChI is InChI=1S/C18H23N3O3/c1-3-4-15(10-19)20-18(23)14-9-17(22)21(12-14)11-13-5-7-16(24-2)8-6-13/h5-8,14-15H,3-4,9,11-12H2,1-2H3,(H,20,23)/t14-,15+/m0/s1. The Morgan fingerprint density at radius 3 is 2.75 bits per heavy atom. The van der Waals surface area contributed by atoms with Gasteiger partial charge in [0.25, 0.3) is 0 Å². The number of amides is 2. The molecular formula is C18H23N3O3. The number of nitriles is 1. The number of nitrogens with zero attached hydrogens (tertiary/aromatic N) is 2. The number of methoxy groups -OCH3 is 1. The van der Waals surface area contributed by atoms with Crippen LogP contribution in [0.25, 0.3) is 0 Å². The number of benzene rings is 1. The van der Waals surface area contributed by atoms with E-state index in [0.29, 0.717) is 19.5 Å². The van der Waals surface area contributed by atoms with E-state index in [1.807, 2.05) is 31.2 Å². The highest BCUT2D eigenvalue weighted by Crippen LogP contribution is 2.21. The van der Waals surface area contributed by atoms with Gasteiger partial charge in [0, 0.05) is 19.5 Å². The quantitative estimate of drug-likeness (QED) is 0.827. The number of hydrogen-bond donors (Lipinski definition) is 1. The van der Waals surface area contributed by atoms with Crippen molar-refractivity contribution in [1.29, 1.82) is 5.26 Å². The van der Waals surface area contributed by atoms with Crippen LogP contribution in [-0.4, -0.2) is 36.4 Å². The molecule has 0 bridgehead atoms. The molecule has 6 heteroatoms. The molecule has 1 saturated heterocycles. The Bertz CT molecular complexity index is 621. The molecule has 1 aromatic rings. The number of nitrogens with one attached hydrogen (secondary N) is 1. The summed E-state index contributed by atoms with van der Waals surface area (Å²) >= 11 is 0. The summed E-state index contributed by atoms with van der Waals surface area (Å²) in [6, 6.07) is 9.13. The third kappa shape index (κ3) is 4.48. The molecule has 1 N–H and O–H groups in total. The summed E-state index contributed by atoms with van der Waals surface area (Å²) in [6.07, 6.45) is 1.65. The smallest absolute Gasteiger partial charge is 0.226 e. The minimum absolute atomic E-state index is 0.0324. The Morgan fingerprint density at radius 1 is 1.46 bits per heavy atom. The first-order valence-corrected chi connectivity index (χ1v) is 8.18. The summed E-state index contributed by atoms with van der Waals surface area (Å²) in [5.41, 5.74) is 0.992. The van der Waals surface area contributed by atoms with Crippen molar-refractivity contribution in [2.45, 2.75) is 38.8 Å². The van der Waals surface area contributed by atoms with Crippen molar-refractivity contribution in [2.24, 2.45) is 5.92 Å². The van der Waals surface area contributed by atoms with E-state index < -0.39 is 6.04 Å². The molecule has 0 saturated carbocycles. The Kier molecular flexibility index (Phi) is 6.19. The molecule has 2 atom stereocenters. The largest absolute Gasteiger partial charge is 0.497 e. The molecule has 2 amide bonds. The number of hydrogen-bond acceptors (Lipinski definition) is 4. The van der Waals surface area contributed by atoms with Crippen molar-refractivity contribution in [3.63, 3.8) is 0 Å². The molecule has 1 aromatic carbocycles. The maximum absolute atomic E-state index is 12.3. The summed E-state index contributed by atoms with van der Waals surface area (Å²) in [5, 5.41) is 11.8. The van der Waals surface area contributed by atoms with Gasteiger partial charge >= 0.3 is 0 Å². The second kappa shape index (κ2) is 8.34. The van der Waals surface area contributed by atoms with E-state index >= 15 is 0 Å². The molecule has 1 fully saturated rings. The molecule has 0 unspecified atom stereocenters. The third-order valence-corrected chi connectivity index (χ3v) is 4.17. The average molecular weight is 329 g/mol. The number of rotatable bonds is 7. The third-order valence-electron chi connectivity index (χ3n) is 4.17. The number of carbonyl (C=O) groups is 2. The van der Waals surface area contributed by atoms with Gasteiger partial charge in [-0.3, -0.25) is 9.59 Å². The van der Waals surface area contributed by atoms with Gasteiger partial charge < -0.3 is 15.0 Å². The lowest BCUT2D eigenvalue weighted by Gasteiger charge is -2.17. The fourth-order valence-electron chi connectivity index (χ4n) is 2.80. The molecule has 6 nitrogen and oxygen atoms in total. The maximum Gasteiger partial charge on any atom is 0.226 e. The molecule has 0 aromatic heterocycles. The second-order valence-electron chi connectivity index (χ2n) is 6.00. The monoisotopic (exact) mass is 329 g/mol. The molecule has 128 valence electrons. The van der Waals surface area contributed by atoms with E-state index in [1.54, 1.807) is 12.0 Å². The number of likely N-dealkylation sites (tertiary alicyclic amines) is 1. The molecule has 1 aliphatic heterocycles. The van der Waals surface area contributed by atoms with E-state index in [0.717, 1.165) is 17.7 Å². The summed E-state index contributed by atoms with van der Waals surface area (Å²) in [4.78, 5) is 26.1. The molecule has 1 aliphatic rings. The SMILES string of the molecule is CCC[C@H](C#N)NC(=O)[C@H]1CC(=O)N(Cc2ccc(OC)cc2)C1. The Labute approximate surface area is 142 Å². The van der Waals surface area contributed by atoms with Gasteiger partial charge in [-0.2, -0.15) is 5.26 Å². The van der Waals surface area contributed by atoms with Crippen molar-refractivity contribution < 1.29 is 14.3 Å². The van der Waals surface area contributed by atoms with Crippen molar-refractivity contribution in [3.05, 3.63) is 29.8 Å². The fourth-order valence-corrected chi connectivity index (χ4v) is 2.80. The molecular weight excluding hydrogens is 306 g/mol. The zero-order valence-corrected chi connectivity index (χ0v) is 14.1. The number of carbonyl (C=O) groups excluding carboxylic acids is 2. The van der Waals surface area contributed by atoms with Crippen LogP contribution in [0.1, 0.15) is 31.7 Å². The predicted octanol–water partition coefficient (Wildman–Crippen LogP) is 1.85. The highest BCUT2D eigenvalue weighted by molar-refractivity contribution is 5.89. The zero-order valence-electron chi connectivity index (χ0n) is 14.1. The molecule has 0 aliphatic carbocycles. The highest BCUT2D eigenvalue weighted by Gasteiger charge is 2.34. The summed E-state index contributed by atoms with van der Waals surface area (Å²) in [6.45, 7) is 2.83. The normalized spacial score (nSPS) is 18.1. The Hall–Kier alpha value is -2.55. The first kappa shape index (κ1) is 17.8.